The smallest absolute Gasteiger partial charge is 0.359 e. The highest BCUT2D eigenvalue weighted by Crippen LogP contribution is 2.29. The Morgan fingerprint density at radius 2 is 2.00 bits per heavy atom. The predicted octanol–water partition coefficient (Wildman–Crippen LogP) is 0.742. The second-order valence-electron chi connectivity index (χ2n) is 2.39. The maximum atomic E-state index is 10.9. The summed E-state index contributed by atoms with van der Waals surface area (Å²) in [7, 11) is 0. The lowest BCUT2D eigenvalue weighted by molar-refractivity contribution is -0.162. The molecule has 14 heavy (non-hydrogen) atoms. The van der Waals surface area contributed by atoms with E-state index in [0.29, 0.717) is 0 Å². The molecule has 0 saturated carbocycles. The lowest BCUT2D eigenvalue weighted by atomic mass is 10.3. The van der Waals surface area contributed by atoms with Crippen molar-refractivity contribution in [3.05, 3.63) is 0 Å². The fourth-order valence-electron chi connectivity index (χ4n) is 0.740. The Kier molecular flexibility index (Phi) is 3.24. The number of halogens is 3. The highest BCUT2D eigenvalue weighted by atomic mass is 35.6. The van der Waals surface area contributed by atoms with Gasteiger partial charge in [-0.2, -0.15) is 0 Å². The van der Waals surface area contributed by atoms with Crippen LogP contribution in [0.3, 0.4) is 0 Å². The van der Waals surface area contributed by atoms with Crippen molar-refractivity contribution >= 4 is 52.7 Å². The van der Waals surface area contributed by atoms with E-state index >= 15 is 0 Å². The third-order valence-electron chi connectivity index (χ3n) is 1.31. The summed E-state index contributed by atoms with van der Waals surface area (Å²) >= 11 is 15.5. The Balaban J connectivity index is 2.58. The maximum Gasteiger partial charge on any atom is 0.359 e. The summed E-state index contributed by atoms with van der Waals surface area (Å²) in [5, 5.41) is 0. The second kappa shape index (κ2) is 3.92. The lowest BCUT2D eigenvalue weighted by Crippen LogP contribution is -2.30. The summed E-state index contributed by atoms with van der Waals surface area (Å²) in [4.78, 5) is 32.3. The molecule has 1 heterocycles. The molecule has 1 fully saturated rings. The van der Waals surface area contributed by atoms with Gasteiger partial charge >= 0.3 is 17.9 Å². The Hall–Kier alpha value is -0.520. The number of carbonyl (C=O) groups is 3. The van der Waals surface area contributed by atoms with Crippen LogP contribution in [0.1, 0.15) is 6.42 Å². The van der Waals surface area contributed by atoms with Gasteiger partial charge in [0, 0.05) is 0 Å². The van der Waals surface area contributed by atoms with E-state index in [9.17, 15) is 14.4 Å². The minimum Gasteiger partial charge on any atom is -0.447 e. The van der Waals surface area contributed by atoms with E-state index in [4.69, 9.17) is 34.8 Å². The molecule has 5 nitrogen and oxygen atoms in total. The van der Waals surface area contributed by atoms with Crippen LogP contribution >= 0.6 is 34.8 Å². The van der Waals surface area contributed by atoms with Gasteiger partial charge in [-0.15, -0.1) is 0 Å². The number of cyclic esters (lactones) is 2. The number of esters is 3. The van der Waals surface area contributed by atoms with Gasteiger partial charge in [-0.3, -0.25) is 4.79 Å². The molecule has 78 valence electrons. The van der Waals surface area contributed by atoms with Crippen molar-refractivity contribution < 1.29 is 23.9 Å². The van der Waals surface area contributed by atoms with Crippen LogP contribution in [0.5, 0.6) is 0 Å². The fourth-order valence-corrected chi connectivity index (χ4v) is 0.874. The number of hydrogen-bond acceptors (Lipinski definition) is 5. The molecule has 0 radical (unpaired) electrons. The SMILES string of the molecule is O=C1C[C@H](OC(=O)C(Cl)(Cl)Cl)C(=O)O1. The van der Waals surface area contributed by atoms with E-state index in [1.165, 1.54) is 0 Å². The van der Waals surface area contributed by atoms with Crippen LogP contribution in [0.25, 0.3) is 0 Å². The topological polar surface area (TPSA) is 69.7 Å². The van der Waals surface area contributed by atoms with E-state index in [0.717, 1.165) is 0 Å². The van der Waals surface area contributed by atoms with E-state index in [1.807, 2.05) is 0 Å². The first-order chi connectivity index (χ1) is 6.30. The molecule has 0 aromatic carbocycles. The Morgan fingerprint density at radius 1 is 1.43 bits per heavy atom. The standard InChI is InChI=1S/C6H3Cl3O5/c7-6(8,9)5(12)13-2-1-3(10)14-4(2)11/h2H,1H2/t2-/m0/s1. The van der Waals surface area contributed by atoms with Crippen molar-refractivity contribution in [1.29, 1.82) is 0 Å². The summed E-state index contributed by atoms with van der Waals surface area (Å²) in [6, 6.07) is 0. The van der Waals surface area contributed by atoms with Crippen molar-refractivity contribution in [2.24, 2.45) is 0 Å². The average Bonchev–Trinajstić information content (AvgIpc) is 2.28. The summed E-state index contributed by atoms with van der Waals surface area (Å²) in [6.45, 7) is 0. The highest BCUT2D eigenvalue weighted by molar-refractivity contribution is 6.75. The fraction of sp³-hybridized carbons (Fsp3) is 0.500. The molecule has 0 amide bonds. The van der Waals surface area contributed by atoms with Crippen molar-refractivity contribution in [1.82, 2.24) is 0 Å². The van der Waals surface area contributed by atoms with E-state index in [-0.39, 0.29) is 6.42 Å². The van der Waals surface area contributed by atoms with E-state index in [1.54, 1.807) is 0 Å². The highest BCUT2D eigenvalue weighted by Gasteiger charge is 2.41. The minimum absolute atomic E-state index is 0.356. The van der Waals surface area contributed by atoms with Crippen LogP contribution in [-0.2, 0) is 23.9 Å². The van der Waals surface area contributed by atoms with Crippen molar-refractivity contribution in [2.75, 3.05) is 0 Å². The molecule has 1 saturated heterocycles. The molecule has 1 atom stereocenters. The number of rotatable bonds is 1. The van der Waals surface area contributed by atoms with Crippen LogP contribution < -0.4 is 0 Å². The molecule has 0 spiro atoms. The van der Waals surface area contributed by atoms with Gasteiger partial charge < -0.3 is 9.47 Å². The van der Waals surface area contributed by atoms with Crippen LogP contribution in [0.2, 0.25) is 0 Å². The largest absolute Gasteiger partial charge is 0.447 e. The summed E-state index contributed by atoms with van der Waals surface area (Å²) < 4.78 is 6.26. The van der Waals surface area contributed by atoms with E-state index in [2.05, 4.69) is 9.47 Å². The van der Waals surface area contributed by atoms with Gasteiger partial charge in [-0.25, -0.2) is 9.59 Å². The maximum absolute atomic E-state index is 10.9. The average molecular weight is 261 g/mol. The summed E-state index contributed by atoms with van der Waals surface area (Å²) in [5.74, 6) is -2.96. The summed E-state index contributed by atoms with van der Waals surface area (Å²) in [6.07, 6.45) is -1.67. The van der Waals surface area contributed by atoms with Gasteiger partial charge in [-0.1, -0.05) is 34.8 Å². The van der Waals surface area contributed by atoms with Gasteiger partial charge in [0.15, 0.2) is 0 Å². The quantitative estimate of drug-likeness (QED) is 0.395. The zero-order chi connectivity index (χ0) is 10.9. The third kappa shape index (κ3) is 2.73. The Labute approximate surface area is 93.2 Å². The van der Waals surface area contributed by atoms with Crippen molar-refractivity contribution in [3.63, 3.8) is 0 Å². The molecule has 8 heteroatoms. The van der Waals surface area contributed by atoms with Gasteiger partial charge in [-0.05, 0) is 0 Å². The molecule has 0 aliphatic carbocycles. The zero-order valence-corrected chi connectivity index (χ0v) is 8.73. The molecule has 0 unspecified atom stereocenters. The first-order valence-corrected chi connectivity index (χ1v) is 4.46. The molecule has 0 aromatic rings. The first kappa shape index (κ1) is 11.6. The van der Waals surface area contributed by atoms with Crippen LogP contribution in [0, 0.1) is 0 Å². The molecule has 0 N–H and O–H groups in total. The minimum atomic E-state index is -2.27. The normalized spacial score (nSPS) is 22.1. The van der Waals surface area contributed by atoms with Gasteiger partial charge in [0.2, 0.25) is 6.10 Å². The van der Waals surface area contributed by atoms with Crippen LogP contribution in [0.15, 0.2) is 0 Å². The zero-order valence-electron chi connectivity index (χ0n) is 6.46. The third-order valence-corrected chi connectivity index (χ3v) is 1.77. The Morgan fingerprint density at radius 3 is 2.36 bits per heavy atom. The van der Waals surface area contributed by atoms with Crippen molar-refractivity contribution in [3.8, 4) is 0 Å². The van der Waals surface area contributed by atoms with Crippen LogP contribution in [-0.4, -0.2) is 27.8 Å². The molecule has 0 aromatic heterocycles. The predicted molar refractivity (Wildman–Crippen MR) is 45.9 cm³/mol. The van der Waals surface area contributed by atoms with Crippen LogP contribution in [0.4, 0.5) is 0 Å². The Bertz CT molecular complexity index is 294. The summed E-state index contributed by atoms with van der Waals surface area (Å²) in [5.41, 5.74) is 0. The number of alkyl halides is 3. The molecule has 1 aliphatic heterocycles. The van der Waals surface area contributed by atoms with Crippen molar-refractivity contribution in [2.45, 2.75) is 16.3 Å². The first-order valence-electron chi connectivity index (χ1n) is 3.33. The number of carbonyl (C=O) groups excluding carboxylic acids is 3. The monoisotopic (exact) mass is 260 g/mol. The second-order valence-corrected chi connectivity index (χ2v) is 4.67. The molecule has 1 aliphatic rings. The molecular formula is C6H3Cl3O5. The van der Waals surface area contributed by atoms with Gasteiger partial charge in [0.05, 0.1) is 6.42 Å². The molecule has 1 rings (SSSR count). The number of ether oxygens (including phenoxy) is 2. The number of hydrogen-bond donors (Lipinski definition) is 0. The van der Waals surface area contributed by atoms with Gasteiger partial charge in [0.1, 0.15) is 0 Å². The lowest BCUT2D eigenvalue weighted by Gasteiger charge is -2.12. The molecule has 0 bridgehead atoms. The molecular weight excluding hydrogens is 258 g/mol. The van der Waals surface area contributed by atoms with Gasteiger partial charge in [0.25, 0.3) is 3.79 Å². The van der Waals surface area contributed by atoms with E-state index < -0.39 is 27.8 Å².